The van der Waals surface area contributed by atoms with Crippen LogP contribution in [0.4, 0.5) is 0 Å². The van der Waals surface area contributed by atoms with Crippen molar-refractivity contribution in [1.82, 2.24) is 4.31 Å². The van der Waals surface area contributed by atoms with Gasteiger partial charge in [-0.25, -0.2) is 8.42 Å². The zero-order chi connectivity index (χ0) is 17.7. The molecule has 0 bridgehead atoms. The maximum absolute atomic E-state index is 13.0. The van der Waals surface area contributed by atoms with Crippen LogP contribution in [0, 0.1) is 11.3 Å². The number of aliphatic carboxylic acids is 1. The summed E-state index contributed by atoms with van der Waals surface area (Å²) in [6, 6.07) is 4.48. The number of carbonyl (C=O) groups is 1. The topological polar surface area (TPSA) is 102 Å². The van der Waals surface area contributed by atoms with Gasteiger partial charge in [-0.15, -0.1) is 0 Å². The van der Waals surface area contributed by atoms with Crippen LogP contribution in [0.2, 0.25) is 0 Å². The largest absolute Gasteiger partial charge is 0.486 e. The lowest BCUT2D eigenvalue weighted by atomic mass is 9.76. The summed E-state index contributed by atoms with van der Waals surface area (Å²) in [7, 11) is -3.82. The normalized spacial score (nSPS) is 29.2. The summed E-state index contributed by atoms with van der Waals surface area (Å²) in [4.78, 5) is 11.9. The summed E-state index contributed by atoms with van der Waals surface area (Å²) in [6.45, 7) is 1.39. The minimum absolute atomic E-state index is 0.0418. The highest BCUT2D eigenvalue weighted by Crippen LogP contribution is 2.44. The van der Waals surface area contributed by atoms with E-state index in [1.165, 1.54) is 16.4 Å². The lowest BCUT2D eigenvalue weighted by molar-refractivity contribution is -0.159. The van der Waals surface area contributed by atoms with Gasteiger partial charge >= 0.3 is 5.97 Å². The van der Waals surface area contributed by atoms with E-state index in [9.17, 15) is 18.3 Å². The number of nitrogens with zero attached hydrogens (tertiary/aromatic N) is 1. The van der Waals surface area contributed by atoms with Crippen molar-refractivity contribution >= 4 is 16.0 Å². The van der Waals surface area contributed by atoms with Crippen molar-refractivity contribution < 1.29 is 32.5 Å². The molecule has 0 unspecified atom stereocenters. The number of rotatable bonds is 3. The van der Waals surface area contributed by atoms with Crippen molar-refractivity contribution in [3.05, 3.63) is 18.2 Å². The molecule has 3 heterocycles. The lowest BCUT2D eigenvalue weighted by Gasteiger charge is -2.34. The quantitative estimate of drug-likeness (QED) is 0.831. The molecule has 0 aromatic heterocycles. The Hall–Kier alpha value is -1.84. The minimum Gasteiger partial charge on any atom is -0.486 e. The molecule has 0 aliphatic carbocycles. The number of hydrogen-bond acceptors (Lipinski definition) is 6. The first-order chi connectivity index (χ1) is 11.9. The molecule has 8 nitrogen and oxygen atoms in total. The van der Waals surface area contributed by atoms with Gasteiger partial charge in [0.15, 0.2) is 11.5 Å². The van der Waals surface area contributed by atoms with Gasteiger partial charge in [0.25, 0.3) is 0 Å². The Labute approximate surface area is 145 Å². The molecule has 2 fully saturated rings. The monoisotopic (exact) mass is 369 g/mol. The van der Waals surface area contributed by atoms with E-state index < -0.39 is 21.4 Å². The Balaban J connectivity index is 1.66. The Morgan fingerprint density at radius 2 is 1.96 bits per heavy atom. The molecule has 0 amide bonds. The molecule has 136 valence electrons. The van der Waals surface area contributed by atoms with Gasteiger partial charge in [0.2, 0.25) is 10.0 Å². The second-order valence-corrected chi connectivity index (χ2v) is 8.54. The van der Waals surface area contributed by atoms with Gasteiger partial charge in [-0.1, -0.05) is 0 Å². The molecule has 0 saturated carbocycles. The van der Waals surface area contributed by atoms with Crippen molar-refractivity contribution in [3.63, 3.8) is 0 Å². The number of sulfonamides is 1. The van der Waals surface area contributed by atoms with Crippen molar-refractivity contribution in [2.45, 2.75) is 11.3 Å². The summed E-state index contributed by atoms with van der Waals surface area (Å²) in [5.74, 6) is -0.348. The van der Waals surface area contributed by atoms with Crippen LogP contribution in [0.5, 0.6) is 11.5 Å². The molecule has 25 heavy (non-hydrogen) atoms. The highest BCUT2D eigenvalue weighted by atomic mass is 32.2. The summed E-state index contributed by atoms with van der Waals surface area (Å²) in [5.41, 5.74) is -1.17. The summed E-state index contributed by atoms with van der Waals surface area (Å²) in [5, 5.41) is 9.67. The van der Waals surface area contributed by atoms with Gasteiger partial charge in [0.1, 0.15) is 18.6 Å². The number of hydrogen-bond donors (Lipinski definition) is 1. The second kappa shape index (κ2) is 5.86. The van der Waals surface area contributed by atoms with Gasteiger partial charge in [-0.3, -0.25) is 4.79 Å². The van der Waals surface area contributed by atoms with E-state index in [1.54, 1.807) is 6.07 Å². The fraction of sp³-hybridized carbons (Fsp3) is 0.562. The van der Waals surface area contributed by atoms with E-state index >= 15 is 0 Å². The fourth-order valence-electron chi connectivity index (χ4n) is 3.76. The van der Waals surface area contributed by atoms with Gasteiger partial charge < -0.3 is 19.3 Å². The Kier molecular flexibility index (Phi) is 3.89. The molecule has 9 heteroatoms. The first kappa shape index (κ1) is 16.6. The lowest BCUT2D eigenvalue weighted by Crippen LogP contribution is -2.46. The van der Waals surface area contributed by atoms with Crippen molar-refractivity contribution in [1.29, 1.82) is 0 Å². The van der Waals surface area contributed by atoms with Crippen molar-refractivity contribution in [3.8, 4) is 11.5 Å². The average molecular weight is 369 g/mol. The van der Waals surface area contributed by atoms with Crippen molar-refractivity contribution in [2.24, 2.45) is 11.3 Å². The molecule has 1 aromatic carbocycles. The van der Waals surface area contributed by atoms with Gasteiger partial charge in [-0.05, 0) is 24.5 Å². The third kappa shape index (κ3) is 2.57. The third-order valence-corrected chi connectivity index (χ3v) is 7.02. The van der Waals surface area contributed by atoms with Gasteiger partial charge in [-0.2, -0.15) is 4.31 Å². The first-order valence-corrected chi connectivity index (χ1v) is 9.58. The van der Waals surface area contributed by atoms with E-state index in [4.69, 9.17) is 14.2 Å². The molecule has 0 spiro atoms. The molecule has 3 aliphatic heterocycles. The van der Waals surface area contributed by atoms with E-state index in [0.29, 0.717) is 37.7 Å². The highest BCUT2D eigenvalue weighted by molar-refractivity contribution is 7.89. The molecule has 1 N–H and O–H groups in total. The predicted octanol–water partition coefficient (Wildman–Crippen LogP) is 0.570. The molecule has 3 aliphatic rings. The first-order valence-electron chi connectivity index (χ1n) is 8.14. The summed E-state index contributed by atoms with van der Waals surface area (Å²) >= 11 is 0. The highest BCUT2D eigenvalue weighted by Gasteiger charge is 2.56. The second-order valence-electron chi connectivity index (χ2n) is 6.60. The van der Waals surface area contributed by atoms with E-state index in [2.05, 4.69) is 0 Å². The molecule has 1 aromatic rings. The molecule has 2 atom stereocenters. The zero-order valence-electron chi connectivity index (χ0n) is 13.5. The van der Waals surface area contributed by atoms with Gasteiger partial charge in [0.05, 0.1) is 11.5 Å². The Morgan fingerprint density at radius 1 is 1.20 bits per heavy atom. The van der Waals surface area contributed by atoms with Crippen molar-refractivity contribution in [2.75, 3.05) is 39.5 Å². The van der Waals surface area contributed by atoms with Crippen LogP contribution in [0.1, 0.15) is 6.42 Å². The minimum atomic E-state index is -3.82. The Morgan fingerprint density at radius 3 is 2.68 bits per heavy atom. The van der Waals surface area contributed by atoms with Crippen LogP contribution in [-0.4, -0.2) is 63.3 Å². The predicted molar refractivity (Wildman–Crippen MR) is 85.2 cm³/mol. The smallest absolute Gasteiger partial charge is 0.313 e. The Bertz CT molecular complexity index is 809. The maximum atomic E-state index is 13.0. The fourth-order valence-corrected chi connectivity index (χ4v) is 5.33. The van der Waals surface area contributed by atoms with Crippen LogP contribution in [-0.2, 0) is 19.6 Å². The third-order valence-electron chi connectivity index (χ3n) is 5.21. The average Bonchev–Trinajstić information content (AvgIpc) is 3.03. The molecular formula is C16H19NO7S. The van der Waals surface area contributed by atoms with Crippen LogP contribution >= 0.6 is 0 Å². The van der Waals surface area contributed by atoms with Crippen LogP contribution in [0.15, 0.2) is 23.1 Å². The van der Waals surface area contributed by atoms with E-state index in [0.717, 1.165) is 0 Å². The van der Waals surface area contributed by atoms with Crippen LogP contribution < -0.4 is 9.47 Å². The molecular weight excluding hydrogens is 350 g/mol. The molecule has 0 radical (unpaired) electrons. The van der Waals surface area contributed by atoms with Crippen LogP contribution in [0.3, 0.4) is 0 Å². The van der Waals surface area contributed by atoms with E-state index in [1.807, 2.05) is 0 Å². The number of ether oxygens (including phenoxy) is 3. The van der Waals surface area contributed by atoms with Crippen LogP contribution in [0.25, 0.3) is 0 Å². The van der Waals surface area contributed by atoms with Gasteiger partial charge in [0, 0.05) is 25.8 Å². The zero-order valence-corrected chi connectivity index (χ0v) is 14.3. The number of carboxylic acid groups (broad SMARTS) is 1. The molecule has 2 saturated heterocycles. The number of carboxylic acids is 1. The standard InChI is InChI=1S/C16H19NO7S/c18-15(19)16-9-17(8-11(16)3-4-22-10-16)25(20,21)12-1-2-13-14(7-12)24-6-5-23-13/h1-2,7,11H,3-6,8-10H2,(H,18,19)/t11-,16+/m0/s1. The molecule has 4 rings (SSSR count). The summed E-state index contributed by atoms with van der Waals surface area (Å²) in [6.07, 6.45) is 0.541. The summed E-state index contributed by atoms with van der Waals surface area (Å²) < 4.78 is 43.5. The maximum Gasteiger partial charge on any atom is 0.313 e. The number of fused-ring (bicyclic) bond motifs is 2. The number of benzene rings is 1. The van der Waals surface area contributed by atoms with E-state index in [-0.39, 0.29) is 30.5 Å². The SMILES string of the molecule is O=C(O)[C@]12COCC[C@H]1CN(S(=O)(=O)c1ccc3c(c1)OCCO3)C2.